The molecule has 7 nitrogen and oxygen atoms in total. The number of methoxy groups -OCH3 is 1. The molecule has 0 bridgehead atoms. The Hall–Kier alpha value is -1.89. The maximum absolute atomic E-state index is 13.5. The number of aromatic nitrogens is 2. The van der Waals surface area contributed by atoms with Crippen molar-refractivity contribution in [1.82, 2.24) is 19.6 Å². The minimum Gasteiger partial charge on any atom is -0.383 e. The number of piperidine rings is 1. The maximum atomic E-state index is 13.5. The predicted octanol–water partition coefficient (Wildman–Crippen LogP) is 1.01. The van der Waals surface area contributed by atoms with E-state index in [1.54, 1.807) is 13.3 Å². The van der Waals surface area contributed by atoms with E-state index in [0.29, 0.717) is 26.2 Å². The third-order valence-corrected chi connectivity index (χ3v) is 6.33. The average molecular weight is 360 g/mol. The highest BCUT2D eigenvalue weighted by Gasteiger charge is 2.57. The number of aryl methyl sites for hydroxylation is 1. The van der Waals surface area contributed by atoms with Crippen LogP contribution in [0.15, 0.2) is 12.3 Å². The lowest BCUT2D eigenvalue weighted by Crippen LogP contribution is -2.53. The minimum atomic E-state index is -0.523. The van der Waals surface area contributed by atoms with E-state index in [1.165, 1.54) is 0 Å². The van der Waals surface area contributed by atoms with Crippen LogP contribution in [0.5, 0.6) is 0 Å². The van der Waals surface area contributed by atoms with Crippen LogP contribution in [0.1, 0.15) is 37.3 Å². The highest BCUT2D eigenvalue weighted by molar-refractivity contribution is 5.88. The second-order valence-electron chi connectivity index (χ2n) is 7.97. The Morgan fingerprint density at radius 1 is 1.42 bits per heavy atom. The zero-order valence-electron chi connectivity index (χ0n) is 15.7. The van der Waals surface area contributed by atoms with Crippen LogP contribution in [0.25, 0.3) is 0 Å². The van der Waals surface area contributed by atoms with Gasteiger partial charge in [-0.1, -0.05) is 0 Å². The van der Waals surface area contributed by atoms with Gasteiger partial charge in [-0.05, 0) is 31.7 Å². The van der Waals surface area contributed by atoms with Crippen LogP contribution < -0.4 is 0 Å². The lowest BCUT2D eigenvalue weighted by Gasteiger charge is -2.42. The Morgan fingerprint density at radius 3 is 2.88 bits per heavy atom. The van der Waals surface area contributed by atoms with Gasteiger partial charge in [0.1, 0.15) is 0 Å². The molecule has 0 aromatic carbocycles. The van der Waals surface area contributed by atoms with Gasteiger partial charge < -0.3 is 14.5 Å². The smallest absolute Gasteiger partial charge is 0.231 e. The molecular formula is C19H28N4O3. The molecule has 1 spiro atoms. The van der Waals surface area contributed by atoms with Crippen molar-refractivity contribution >= 4 is 11.8 Å². The number of ether oxygens (including phenoxy) is 1. The van der Waals surface area contributed by atoms with Gasteiger partial charge in [-0.25, -0.2) is 0 Å². The molecule has 2 aliphatic heterocycles. The zero-order chi connectivity index (χ0) is 18.3. The number of carbonyl (C=O) groups is 2. The highest BCUT2D eigenvalue weighted by atomic mass is 16.5. The number of hydrogen-bond acceptors (Lipinski definition) is 4. The van der Waals surface area contributed by atoms with E-state index in [9.17, 15) is 9.59 Å². The lowest BCUT2D eigenvalue weighted by atomic mass is 9.70. The molecule has 1 aromatic rings. The minimum absolute atomic E-state index is 0.00976. The fourth-order valence-electron chi connectivity index (χ4n) is 4.76. The normalized spacial score (nSPS) is 29.0. The molecule has 0 radical (unpaired) electrons. The number of nitrogens with zero attached hydrogens (tertiary/aromatic N) is 4. The summed E-state index contributed by atoms with van der Waals surface area (Å²) >= 11 is 0. The summed E-state index contributed by atoms with van der Waals surface area (Å²) < 4.78 is 7.05. The van der Waals surface area contributed by atoms with E-state index >= 15 is 0 Å². The van der Waals surface area contributed by atoms with Gasteiger partial charge in [0.05, 0.1) is 12.0 Å². The van der Waals surface area contributed by atoms with Gasteiger partial charge in [-0.3, -0.25) is 14.3 Å². The summed E-state index contributed by atoms with van der Waals surface area (Å²) in [5, 5.41) is 4.32. The van der Waals surface area contributed by atoms with Gasteiger partial charge >= 0.3 is 0 Å². The number of hydrogen-bond donors (Lipinski definition) is 0. The van der Waals surface area contributed by atoms with Crippen LogP contribution in [0, 0.1) is 11.3 Å². The molecule has 3 fully saturated rings. The van der Waals surface area contributed by atoms with E-state index in [4.69, 9.17) is 4.74 Å². The van der Waals surface area contributed by atoms with Gasteiger partial charge in [-0.2, -0.15) is 5.10 Å². The molecule has 4 rings (SSSR count). The van der Waals surface area contributed by atoms with E-state index in [1.807, 2.05) is 27.6 Å². The molecule has 1 aromatic heterocycles. The monoisotopic (exact) mass is 360 g/mol. The van der Waals surface area contributed by atoms with Crippen LogP contribution in [0.2, 0.25) is 0 Å². The Morgan fingerprint density at radius 2 is 2.23 bits per heavy atom. The summed E-state index contributed by atoms with van der Waals surface area (Å²) in [7, 11) is 3.58. The molecular weight excluding hydrogens is 332 g/mol. The summed E-state index contributed by atoms with van der Waals surface area (Å²) in [6.45, 7) is 3.10. The number of likely N-dealkylation sites (tertiary alicyclic amines) is 2. The first kappa shape index (κ1) is 17.5. The van der Waals surface area contributed by atoms with Gasteiger partial charge in [0.2, 0.25) is 11.8 Å². The fourth-order valence-corrected chi connectivity index (χ4v) is 4.76. The highest BCUT2D eigenvalue weighted by Crippen LogP contribution is 2.50. The largest absolute Gasteiger partial charge is 0.383 e. The second kappa shape index (κ2) is 6.68. The van der Waals surface area contributed by atoms with Crippen LogP contribution >= 0.6 is 0 Å². The molecule has 3 aliphatic rings. The molecule has 2 atom stereocenters. The molecule has 1 saturated carbocycles. The van der Waals surface area contributed by atoms with Gasteiger partial charge in [-0.15, -0.1) is 0 Å². The predicted molar refractivity (Wildman–Crippen MR) is 95.4 cm³/mol. The Kier molecular flexibility index (Phi) is 4.50. The first-order valence-electron chi connectivity index (χ1n) is 9.62. The van der Waals surface area contributed by atoms with E-state index < -0.39 is 5.41 Å². The van der Waals surface area contributed by atoms with Crippen molar-refractivity contribution in [3.05, 3.63) is 18.0 Å². The maximum Gasteiger partial charge on any atom is 0.231 e. The molecule has 0 unspecified atom stereocenters. The molecule has 2 amide bonds. The van der Waals surface area contributed by atoms with E-state index in [-0.39, 0.29) is 23.7 Å². The Balaban J connectivity index is 1.66. The zero-order valence-corrected chi connectivity index (χ0v) is 15.7. The van der Waals surface area contributed by atoms with Crippen LogP contribution in [-0.4, -0.2) is 71.3 Å². The summed E-state index contributed by atoms with van der Waals surface area (Å²) in [6, 6.07) is 2.00. The molecule has 1 aliphatic carbocycles. The van der Waals surface area contributed by atoms with Crippen molar-refractivity contribution in [3.63, 3.8) is 0 Å². The molecule has 3 heterocycles. The van der Waals surface area contributed by atoms with Gasteiger partial charge in [0.15, 0.2) is 0 Å². The molecule has 2 saturated heterocycles. The average Bonchev–Trinajstić information content (AvgIpc) is 3.30. The standard InChI is InChI=1S/C19H28N4O3/c1-21-16(6-8-20-21)15-12-23(17(24)14-4-5-14)13-19(15)7-3-9-22(18(19)25)10-11-26-2/h6,8,14-15H,3-5,7,9-13H2,1-2H3/t15-,19+/m0/s1. The molecule has 26 heavy (non-hydrogen) atoms. The topological polar surface area (TPSA) is 67.7 Å². The Labute approximate surface area is 154 Å². The van der Waals surface area contributed by atoms with Gasteiger partial charge in [0.25, 0.3) is 0 Å². The van der Waals surface area contributed by atoms with Crippen molar-refractivity contribution < 1.29 is 14.3 Å². The molecule has 142 valence electrons. The number of rotatable bonds is 5. The quantitative estimate of drug-likeness (QED) is 0.786. The van der Waals surface area contributed by atoms with Crippen molar-refractivity contribution in [1.29, 1.82) is 0 Å². The molecule has 0 N–H and O–H groups in total. The first-order chi connectivity index (χ1) is 12.6. The van der Waals surface area contributed by atoms with Gasteiger partial charge in [0, 0.05) is 64.1 Å². The molecule has 7 heteroatoms. The summed E-state index contributed by atoms with van der Waals surface area (Å²) in [5.74, 6) is 0.602. The SMILES string of the molecule is COCCN1CCC[C@]2(CN(C(=O)C3CC3)C[C@H]2c2ccnn2C)C1=O. The summed E-state index contributed by atoms with van der Waals surface area (Å²) in [6.07, 6.45) is 5.57. The van der Waals surface area contributed by atoms with Crippen LogP contribution in [-0.2, 0) is 21.4 Å². The first-order valence-corrected chi connectivity index (χ1v) is 9.62. The summed E-state index contributed by atoms with van der Waals surface area (Å²) in [4.78, 5) is 30.2. The van der Waals surface area contributed by atoms with Crippen LogP contribution in [0.4, 0.5) is 0 Å². The third kappa shape index (κ3) is 2.82. The van der Waals surface area contributed by atoms with Crippen molar-refractivity contribution in [2.24, 2.45) is 18.4 Å². The lowest BCUT2D eigenvalue weighted by molar-refractivity contribution is -0.147. The fraction of sp³-hybridized carbons (Fsp3) is 0.737. The van der Waals surface area contributed by atoms with E-state index in [2.05, 4.69) is 5.10 Å². The van der Waals surface area contributed by atoms with E-state index in [0.717, 1.165) is 37.9 Å². The third-order valence-electron chi connectivity index (χ3n) is 6.33. The Bertz CT molecular complexity index is 699. The number of carbonyl (C=O) groups excluding carboxylic acids is 2. The van der Waals surface area contributed by atoms with Crippen molar-refractivity contribution in [3.8, 4) is 0 Å². The second-order valence-corrected chi connectivity index (χ2v) is 7.97. The van der Waals surface area contributed by atoms with Crippen molar-refractivity contribution in [2.75, 3.05) is 39.9 Å². The number of amides is 2. The van der Waals surface area contributed by atoms with Crippen LogP contribution in [0.3, 0.4) is 0 Å². The van der Waals surface area contributed by atoms with Crippen molar-refractivity contribution in [2.45, 2.75) is 31.6 Å². The summed E-state index contributed by atoms with van der Waals surface area (Å²) in [5.41, 5.74) is 0.530.